The van der Waals surface area contributed by atoms with Crippen LogP contribution in [0.25, 0.3) is 10.2 Å². The van der Waals surface area contributed by atoms with Gasteiger partial charge >= 0.3 is 0 Å². The highest BCUT2D eigenvalue weighted by atomic mass is 32.1. The fraction of sp³-hybridized carbons (Fsp3) is 0.524. The number of nitrogens with zero attached hydrogens (tertiary/aromatic N) is 4. The van der Waals surface area contributed by atoms with Crippen LogP contribution in [0.5, 0.6) is 0 Å². The molecule has 4 heterocycles. The molecular formula is C21H27N5S. The highest BCUT2D eigenvalue weighted by molar-refractivity contribution is 7.22. The summed E-state index contributed by atoms with van der Waals surface area (Å²) in [6.45, 7) is 6.72. The van der Waals surface area contributed by atoms with Crippen LogP contribution in [0.2, 0.25) is 0 Å². The van der Waals surface area contributed by atoms with E-state index in [4.69, 9.17) is 9.97 Å². The first-order chi connectivity index (χ1) is 13.3. The van der Waals surface area contributed by atoms with Crippen LogP contribution in [0.4, 0.5) is 5.13 Å². The number of aromatic nitrogens is 3. The molecular weight excluding hydrogens is 354 g/mol. The molecule has 6 heteroatoms. The van der Waals surface area contributed by atoms with Crippen molar-refractivity contribution in [3.8, 4) is 0 Å². The van der Waals surface area contributed by atoms with Gasteiger partial charge in [-0.15, -0.1) is 0 Å². The Balaban J connectivity index is 1.41. The van der Waals surface area contributed by atoms with E-state index in [1.807, 2.05) is 17.7 Å². The molecule has 5 nitrogen and oxygen atoms in total. The lowest BCUT2D eigenvalue weighted by Gasteiger charge is -2.50. The Hall–Kier alpha value is -1.92. The number of hydrogen-bond acceptors (Lipinski definition) is 5. The number of rotatable bonds is 4. The third kappa shape index (κ3) is 2.86. The Morgan fingerprint density at radius 3 is 2.85 bits per heavy atom. The number of piperidine rings is 1. The summed E-state index contributed by atoms with van der Waals surface area (Å²) >= 11 is 1.82. The maximum atomic E-state index is 4.88. The van der Waals surface area contributed by atoms with Gasteiger partial charge in [0.2, 0.25) is 0 Å². The average molecular weight is 382 g/mol. The van der Waals surface area contributed by atoms with E-state index < -0.39 is 0 Å². The first kappa shape index (κ1) is 17.2. The number of anilines is 1. The molecule has 0 atom stereocenters. The van der Waals surface area contributed by atoms with Crippen molar-refractivity contribution in [1.29, 1.82) is 0 Å². The molecule has 1 N–H and O–H groups in total. The molecule has 1 fully saturated rings. The quantitative estimate of drug-likeness (QED) is 0.737. The molecule has 1 aromatic carbocycles. The Morgan fingerprint density at radius 2 is 2.04 bits per heavy atom. The Kier molecular flexibility index (Phi) is 4.40. The second-order valence-corrected chi connectivity index (χ2v) is 8.81. The van der Waals surface area contributed by atoms with Crippen molar-refractivity contribution in [1.82, 2.24) is 19.9 Å². The summed E-state index contributed by atoms with van der Waals surface area (Å²) in [6, 6.07) is 8.46. The van der Waals surface area contributed by atoms with Gasteiger partial charge < -0.3 is 9.88 Å². The van der Waals surface area contributed by atoms with Crippen molar-refractivity contribution in [2.75, 3.05) is 31.1 Å². The molecule has 27 heavy (non-hydrogen) atoms. The molecule has 3 aromatic rings. The number of unbranched alkanes of at least 4 members (excludes halogenated alkanes) is 1. The number of aromatic amines is 1. The molecule has 5 rings (SSSR count). The smallest absolute Gasteiger partial charge is 0.186 e. The van der Waals surface area contributed by atoms with E-state index in [1.165, 1.54) is 40.6 Å². The number of thiazole rings is 1. The van der Waals surface area contributed by atoms with Gasteiger partial charge in [0, 0.05) is 31.7 Å². The lowest BCUT2D eigenvalue weighted by molar-refractivity contribution is 0.0432. The zero-order valence-electron chi connectivity index (χ0n) is 15.9. The molecule has 142 valence electrons. The SMILES string of the molecule is CCCCN1CCc2[nH]cnc2C12CCN(c1nc3ccccc3s1)CC2. The zero-order valence-corrected chi connectivity index (χ0v) is 16.8. The molecule has 1 saturated heterocycles. The first-order valence-corrected chi connectivity index (χ1v) is 11.0. The van der Waals surface area contributed by atoms with Crippen LogP contribution < -0.4 is 4.90 Å². The summed E-state index contributed by atoms with van der Waals surface area (Å²) < 4.78 is 1.28. The first-order valence-electron chi connectivity index (χ1n) is 10.2. The molecule has 0 aliphatic carbocycles. The van der Waals surface area contributed by atoms with Gasteiger partial charge in [0.1, 0.15) is 0 Å². The number of nitrogens with one attached hydrogen (secondary N) is 1. The van der Waals surface area contributed by atoms with Crippen molar-refractivity contribution >= 4 is 26.7 Å². The van der Waals surface area contributed by atoms with Crippen LogP contribution in [0.3, 0.4) is 0 Å². The van der Waals surface area contributed by atoms with Gasteiger partial charge in [-0.2, -0.15) is 0 Å². The Bertz CT molecular complexity index is 888. The van der Waals surface area contributed by atoms with Gasteiger partial charge in [0.05, 0.1) is 27.8 Å². The molecule has 0 radical (unpaired) electrons. The number of hydrogen-bond donors (Lipinski definition) is 1. The van der Waals surface area contributed by atoms with Crippen molar-refractivity contribution in [2.45, 2.75) is 44.6 Å². The number of fused-ring (bicyclic) bond motifs is 3. The second-order valence-electron chi connectivity index (χ2n) is 7.80. The van der Waals surface area contributed by atoms with Crippen molar-refractivity contribution in [3.05, 3.63) is 42.0 Å². The fourth-order valence-corrected chi connectivity index (χ4v) is 5.83. The third-order valence-corrected chi connectivity index (χ3v) is 7.42. The second kappa shape index (κ2) is 6.91. The van der Waals surface area contributed by atoms with Gasteiger partial charge in [0.25, 0.3) is 0 Å². The molecule has 0 amide bonds. The van der Waals surface area contributed by atoms with E-state index in [0.717, 1.165) is 44.4 Å². The summed E-state index contributed by atoms with van der Waals surface area (Å²) in [5.41, 5.74) is 3.90. The number of benzene rings is 1. The topological polar surface area (TPSA) is 48.1 Å². The van der Waals surface area contributed by atoms with Gasteiger partial charge in [-0.3, -0.25) is 4.90 Å². The molecule has 2 aliphatic rings. The molecule has 0 saturated carbocycles. The zero-order chi connectivity index (χ0) is 18.3. The summed E-state index contributed by atoms with van der Waals surface area (Å²) in [5.74, 6) is 0. The number of imidazole rings is 1. The van der Waals surface area contributed by atoms with E-state index in [2.05, 4.69) is 46.0 Å². The predicted octanol–water partition coefficient (Wildman–Crippen LogP) is 4.17. The summed E-state index contributed by atoms with van der Waals surface area (Å²) in [4.78, 5) is 18.3. The normalized spacial score (nSPS) is 19.7. The molecule has 2 aliphatic heterocycles. The van der Waals surface area contributed by atoms with E-state index in [1.54, 1.807) is 0 Å². The maximum absolute atomic E-state index is 4.88. The third-order valence-electron chi connectivity index (χ3n) is 6.32. The van der Waals surface area contributed by atoms with E-state index in [0.29, 0.717) is 0 Å². The Morgan fingerprint density at radius 1 is 1.19 bits per heavy atom. The van der Waals surface area contributed by atoms with Gasteiger partial charge in [-0.1, -0.05) is 36.8 Å². The minimum absolute atomic E-state index is 0.107. The van der Waals surface area contributed by atoms with Crippen LogP contribution in [-0.2, 0) is 12.0 Å². The van der Waals surface area contributed by atoms with Gasteiger partial charge in [0.15, 0.2) is 5.13 Å². The average Bonchev–Trinajstić information content (AvgIpc) is 3.35. The number of H-pyrrole nitrogens is 1. The lowest BCUT2D eigenvalue weighted by atomic mass is 9.78. The Labute approximate surface area is 164 Å². The summed E-state index contributed by atoms with van der Waals surface area (Å²) in [5, 5.41) is 1.17. The van der Waals surface area contributed by atoms with Crippen LogP contribution in [0.1, 0.15) is 44.0 Å². The van der Waals surface area contributed by atoms with Crippen molar-refractivity contribution in [3.63, 3.8) is 0 Å². The monoisotopic (exact) mass is 381 g/mol. The largest absolute Gasteiger partial charge is 0.348 e. The maximum Gasteiger partial charge on any atom is 0.186 e. The van der Waals surface area contributed by atoms with Crippen LogP contribution in [0.15, 0.2) is 30.6 Å². The molecule has 1 spiro atoms. The molecule has 0 unspecified atom stereocenters. The van der Waals surface area contributed by atoms with Gasteiger partial charge in [-0.25, -0.2) is 9.97 Å². The van der Waals surface area contributed by atoms with Gasteiger partial charge in [-0.05, 0) is 37.9 Å². The minimum Gasteiger partial charge on any atom is -0.348 e. The van der Waals surface area contributed by atoms with Crippen molar-refractivity contribution < 1.29 is 0 Å². The molecule has 2 aromatic heterocycles. The van der Waals surface area contributed by atoms with E-state index >= 15 is 0 Å². The van der Waals surface area contributed by atoms with E-state index in [9.17, 15) is 0 Å². The summed E-state index contributed by atoms with van der Waals surface area (Å²) in [7, 11) is 0. The standard InChI is InChI=1S/C21H27N5S/c1-2-3-11-26-12-8-17-19(23-15-22-17)21(26)9-13-25(14-10-21)20-24-16-6-4-5-7-18(16)27-20/h4-7,15H,2-3,8-14H2,1H3,(H,22,23). The van der Waals surface area contributed by atoms with Crippen LogP contribution in [-0.4, -0.2) is 46.0 Å². The fourth-order valence-electron chi connectivity index (χ4n) is 4.81. The highest BCUT2D eigenvalue weighted by Crippen LogP contribution is 2.43. The molecule has 0 bridgehead atoms. The predicted molar refractivity (Wildman–Crippen MR) is 112 cm³/mol. The number of para-hydroxylation sites is 1. The highest BCUT2D eigenvalue weighted by Gasteiger charge is 2.46. The van der Waals surface area contributed by atoms with Crippen LogP contribution in [0, 0.1) is 0 Å². The van der Waals surface area contributed by atoms with Crippen molar-refractivity contribution in [2.24, 2.45) is 0 Å². The minimum atomic E-state index is 0.107. The lowest BCUT2D eigenvalue weighted by Crippen LogP contribution is -2.56. The summed E-state index contributed by atoms with van der Waals surface area (Å²) in [6.07, 6.45) is 7.77. The van der Waals surface area contributed by atoms with E-state index in [-0.39, 0.29) is 5.54 Å². The van der Waals surface area contributed by atoms with Crippen LogP contribution >= 0.6 is 11.3 Å².